The van der Waals surface area contributed by atoms with Crippen molar-refractivity contribution in [2.24, 2.45) is 0 Å². The van der Waals surface area contributed by atoms with Gasteiger partial charge in [0.2, 0.25) is 5.82 Å². The molecule has 0 saturated heterocycles. The Balaban J connectivity index is 1.95. The van der Waals surface area contributed by atoms with Crippen LogP contribution in [0.2, 0.25) is 10.0 Å². The van der Waals surface area contributed by atoms with Gasteiger partial charge >= 0.3 is 0 Å². The number of anilines is 2. The van der Waals surface area contributed by atoms with Gasteiger partial charge in [-0.15, -0.1) is 0 Å². The maximum atomic E-state index is 14.0. The van der Waals surface area contributed by atoms with Crippen molar-refractivity contribution in [3.8, 4) is 5.75 Å². The Labute approximate surface area is 189 Å². The number of amides is 1. The summed E-state index contributed by atoms with van der Waals surface area (Å²) in [6.45, 7) is 7.99. The summed E-state index contributed by atoms with van der Waals surface area (Å²) in [4.78, 5) is 14.4. The van der Waals surface area contributed by atoms with Crippen LogP contribution in [-0.4, -0.2) is 43.6 Å². The lowest BCUT2D eigenvalue weighted by atomic mass is 10.2. The Kier molecular flexibility index (Phi) is 9.28. The smallest absolute Gasteiger partial charge is 0.262 e. The van der Waals surface area contributed by atoms with Gasteiger partial charge < -0.3 is 20.3 Å². The predicted molar refractivity (Wildman–Crippen MR) is 118 cm³/mol. The van der Waals surface area contributed by atoms with Gasteiger partial charge in [-0.05, 0) is 38.2 Å². The van der Waals surface area contributed by atoms with E-state index >= 15 is 0 Å². The van der Waals surface area contributed by atoms with Crippen LogP contribution in [0.15, 0.2) is 18.2 Å². The van der Waals surface area contributed by atoms with Crippen molar-refractivity contribution in [1.82, 2.24) is 4.90 Å². The van der Waals surface area contributed by atoms with Crippen LogP contribution in [0.4, 0.5) is 24.5 Å². The van der Waals surface area contributed by atoms with Gasteiger partial charge in [0.1, 0.15) is 5.02 Å². The van der Waals surface area contributed by atoms with Crippen LogP contribution in [0.25, 0.3) is 0 Å². The number of hydrogen-bond acceptors (Lipinski definition) is 4. The summed E-state index contributed by atoms with van der Waals surface area (Å²) in [6, 6.07) is 4.88. The molecule has 0 saturated carbocycles. The number of likely N-dealkylation sites (N-methyl/N-ethyl adjacent to an activating group) is 1. The SMILES string of the molecule is CCN(CC)CCNc1ccc(NC(=O)COc2c(F)c(F)c(C)c(F)c2Cl)cc1Cl. The molecule has 0 fully saturated rings. The Bertz CT molecular complexity index is 912. The molecule has 2 aromatic rings. The second-order valence-electron chi connectivity index (χ2n) is 6.70. The third-order valence-corrected chi connectivity index (χ3v) is 5.33. The monoisotopic (exact) mass is 477 g/mol. The Morgan fingerprint density at radius 3 is 2.39 bits per heavy atom. The summed E-state index contributed by atoms with van der Waals surface area (Å²) in [5.41, 5.74) is 0.517. The molecule has 2 N–H and O–H groups in total. The number of ether oxygens (including phenoxy) is 1. The molecular weight excluding hydrogens is 454 g/mol. The minimum atomic E-state index is -1.46. The number of carbonyl (C=O) groups is 1. The lowest BCUT2D eigenvalue weighted by molar-refractivity contribution is -0.118. The topological polar surface area (TPSA) is 53.6 Å². The molecule has 0 radical (unpaired) electrons. The predicted octanol–water partition coefficient (Wildman–Crippen LogP) is 5.49. The minimum absolute atomic E-state index is 0.376. The van der Waals surface area contributed by atoms with Crippen molar-refractivity contribution < 1.29 is 22.7 Å². The molecule has 0 heterocycles. The van der Waals surface area contributed by atoms with Crippen molar-refractivity contribution in [2.45, 2.75) is 20.8 Å². The van der Waals surface area contributed by atoms with Crippen LogP contribution >= 0.6 is 23.2 Å². The van der Waals surface area contributed by atoms with Gasteiger partial charge in [0.25, 0.3) is 5.91 Å². The van der Waals surface area contributed by atoms with E-state index in [0.717, 1.165) is 26.6 Å². The van der Waals surface area contributed by atoms with Crippen LogP contribution < -0.4 is 15.4 Å². The first-order valence-corrected chi connectivity index (χ1v) is 10.5. The average molecular weight is 478 g/mol. The Morgan fingerprint density at radius 1 is 1.10 bits per heavy atom. The first kappa shape index (κ1) is 25.1. The van der Waals surface area contributed by atoms with E-state index in [4.69, 9.17) is 27.9 Å². The first-order chi connectivity index (χ1) is 14.7. The van der Waals surface area contributed by atoms with Crippen molar-refractivity contribution in [1.29, 1.82) is 0 Å². The molecule has 0 spiro atoms. The van der Waals surface area contributed by atoms with E-state index in [1.165, 1.54) is 6.07 Å². The molecule has 0 aliphatic heterocycles. The lowest BCUT2D eigenvalue weighted by Gasteiger charge is -2.19. The summed E-state index contributed by atoms with van der Waals surface area (Å²) >= 11 is 11.9. The maximum Gasteiger partial charge on any atom is 0.262 e. The van der Waals surface area contributed by atoms with Gasteiger partial charge in [-0.25, -0.2) is 8.78 Å². The number of hydrogen-bond donors (Lipinski definition) is 2. The molecule has 5 nitrogen and oxygen atoms in total. The highest BCUT2D eigenvalue weighted by atomic mass is 35.5. The number of halogens is 5. The second-order valence-corrected chi connectivity index (χ2v) is 7.48. The van der Waals surface area contributed by atoms with Crippen molar-refractivity contribution in [3.63, 3.8) is 0 Å². The van der Waals surface area contributed by atoms with E-state index in [1.807, 2.05) is 0 Å². The zero-order chi connectivity index (χ0) is 23.1. The molecule has 170 valence electrons. The van der Waals surface area contributed by atoms with Gasteiger partial charge in [0.05, 0.1) is 10.7 Å². The zero-order valence-electron chi connectivity index (χ0n) is 17.4. The molecule has 0 bridgehead atoms. The third-order valence-electron chi connectivity index (χ3n) is 4.68. The van der Waals surface area contributed by atoms with Gasteiger partial charge in [-0.3, -0.25) is 4.79 Å². The number of rotatable bonds is 10. The van der Waals surface area contributed by atoms with E-state index in [-0.39, 0.29) is 0 Å². The standard InChI is InChI=1S/C21H24Cl2F3N3O2/c1-4-29(5-2)9-8-27-15-7-6-13(10-14(15)22)28-16(30)11-31-21-17(23)18(24)12(3)19(25)20(21)26/h6-7,10,27H,4-5,8-9,11H2,1-3H3,(H,28,30). The molecule has 0 aliphatic carbocycles. The van der Waals surface area contributed by atoms with Crippen molar-refractivity contribution in [3.05, 3.63) is 51.3 Å². The fraction of sp³-hybridized carbons (Fsp3) is 0.381. The Morgan fingerprint density at radius 2 is 1.77 bits per heavy atom. The molecule has 0 unspecified atom stereocenters. The first-order valence-electron chi connectivity index (χ1n) is 9.70. The molecule has 0 aliphatic rings. The van der Waals surface area contributed by atoms with Crippen LogP contribution in [0, 0.1) is 24.4 Å². The molecule has 10 heteroatoms. The van der Waals surface area contributed by atoms with Gasteiger partial charge in [-0.2, -0.15) is 4.39 Å². The summed E-state index contributed by atoms with van der Waals surface area (Å²) in [5.74, 6) is -5.57. The van der Waals surface area contributed by atoms with Gasteiger partial charge in [0.15, 0.2) is 24.0 Å². The molecule has 0 atom stereocenters. The van der Waals surface area contributed by atoms with Crippen LogP contribution in [0.5, 0.6) is 5.75 Å². The van der Waals surface area contributed by atoms with E-state index in [0.29, 0.717) is 22.9 Å². The summed E-state index contributed by atoms with van der Waals surface area (Å²) in [6.07, 6.45) is 0. The zero-order valence-corrected chi connectivity index (χ0v) is 18.9. The third kappa shape index (κ3) is 6.41. The van der Waals surface area contributed by atoms with Gasteiger partial charge in [-0.1, -0.05) is 37.0 Å². The number of benzene rings is 2. The van der Waals surface area contributed by atoms with Crippen molar-refractivity contribution >= 4 is 40.5 Å². The molecule has 2 rings (SSSR count). The van der Waals surface area contributed by atoms with Crippen LogP contribution in [0.3, 0.4) is 0 Å². The number of nitrogens with zero attached hydrogens (tertiary/aromatic N) is 1. The number of carbonyl (C=O) groups excluding carboxylic acids is 1. The van der Waals surface area contributed by atoms with E-state index in [1.54, 1.807) is 12.1 Å². The van der Waals surface area contributed by atoms with Crippen molar-refractivity contribution in [2.75, 3.05) is 43.4 Å². The second kappa shape index (κ2) is 11.5. The largest absolute Gasteiger partial charge is 0.479 e. The highest BCUT2D eigenvalue weighted by Crippen LogP contribution is 2.34. The Hall–Kier alpha value is -2.16. The van der Waals surface area contributed by atoms with Gasteiger partial charge in [0, 0.05) is 24.3 Å². The summed E-state index contributed by atoms with van der Waals surface area (Å²) < 4.78 is 46.4. The normalized spacial score (nSPS) is 11.0. The van der Waals surface area contributed by atoms with Crippen LogP contribution in [-0.2, 0) is 4.79 Å². The highest BCUT2D eigenvalue weighted by molar-refractivity contribution is 6.33. The average Bonchev–Trinajstić information content (AvgIpc) is 2.75. The summed E-state index contributed by atoms with van der Waals surface area (Å²) in [5, 5.41) is 5.41. The molecule has 1 amide bonds. The molecule has 31 heavy (non-hydrogen) atoms. The fourth-order valence-corrected chi connectivity index (χ4v) is 3.33. The van der Waals surface area contributed by atoms with Crippen LogP contribution in [0.1, 0.15) is 19.4 Å². The molecular formula is C21H24Cl2F3N3O2. The highest BCUT2D eigenvalue weighted by Gasteiger charge is 2.23. The van der Waals surface area contributed by atoms with E-state index < -0.39 is 46.3 Å². The lowest BCUT2D eigenvalue weighted by Crippen LogP contribution is -2.28. The van der Waals surface area contributed by atoms with E-state index in [9.17, 15) is 18.0 Å². The summed E-state index contributed by atoms with van der Waals surface area (Å²) in [7, 11) is 0. The molecule has 2 aromatic carbocycles. The minimum Gasteiger partial charge on any atom is -0.479 e. The maximum absolute atomic E-state index is 14.0. The number of nitrogens with one attached hydrogen (secondary N) is 2. The van der Waals surface area contributed by atoms with E-state index in [2.05, 4.69) is 29.4 Å². The fourth-order valence-electron chi connectivity index (χ4n) is 2.81. The quantitative estimate of drug-likeness (QED) is 0.444. The molecule has 0 aromatic heterocycles.